The van der Waals surface area contributed by atoms with Gasteiger partial charge in [0.1, 0.15) is 0 Å². The highest BCUT2D eigenvalue weighted by Crippen LogP contribution is 2.13. The van der Waals surface area contributed by atoms with Crippen LogP contribution in [0, 0.1) is 0 Å². The number of aliphatic hydroxyl groups is 2. The summed E-state index contributed by atoms with van der Waals surface area (Å²) in [6.07, 6.45) is 22.8. The van der Waals surface area contributed by atoms with Crippen molar-refractivity contribution in [1.82, 2.24) is 15.3 Å². The third-order valence-electron chi connectivity index (χ3n) is 8.02. The van der Waals surface area contributed by atoms with E-state index in [2.05, 4.69) is 38.1 Å². The molecule has 7 heteroatoms. The van der Waals surface area contributed by atoms with Gasteiger partial charge in [-0.25, -0.2) is 5.01 Å². The Morgan fingerprint density at radius 1 is 0.683 bits per heavy atom. The van der Waals surface area contributed by atoms with Gasteiger partial charge in [-0.2, -0.15) is 0 Å². The number of hydrogen-bond acceptors (Lipinski definition) is 7. The molecule has 0 aliphatic heterocycles. The number of esters is 1. The number of nitrogens with one attached hydrogen (secondary N) is 1. The molecule has 0 aliphatic carbocycles. The maximum absolute atomic E-state index is 12.1. The van der Waals surface area contributed by atoms with Crippen molar-refractivity contribution >= 4 is 5.97 Å². The zero-order valence-corrected chi connectivity index (χ0v) is 27.9. The first-order valence-corrected chi connectivity index (χ1v) is 17.6. The Hall–Kier alpha value is -0.730. The van der Waals surface area contributed by atoms with Gasteiger partial charge in [0.05, 0.1) is 18.8 Å². The van der Waals surface area contributed by atoms with Gasteiger partial charge in [-0.3, -0.25) is 10.2 Å². The summed E-state index contributed by atoms with van der Waals surface area (Å²) in [6.45, 7) is 10.6. The van der Waals surface area contributed by atoms with Crippen molar-refractivity contribution in [3.63, 3.8) is 0 Å². The molecule has 0 saturated heterocycles. The van der Waals surface area contributed by atoms with Gasteiger partial charge in [-0.05, 0) is 39.3 Å². The number of nitrogens with zero attached hydrogens (tertiary/aromatic N) is 2. The molecule has 0 aliphatic rings. The highest BCUT2D eigenvalue weighted by atomic mass is 16.5. The average Bonchev–Trinajstić information content (AvgIpc) is 2.96. The second-order valence-corrected chi connectivity index (χ2v) is 12.2. The van der Waals surface area contributed by atoms with Crippen molar-refractivity contribution in [1.29, 1.82) is 0 Å². The number of aliphatic hydroxyl groups excluding tert-OH is 2. The molecule has 0 aromatic carbocycles. The molecule has 0 heterocycles. The summed E-state index contributed by atoms with van der Waals surface area (Å²) in [7, 11) is 2.07. The number of rotatable bonds is 32. The van der Waals surface area contributed by atoms with Crippen LogP contribution in [0.15, 0.2) is 0 Å². The highest BCUT2D eigenvalue weighted by Gasteiger charge is 2.16. The van der Waals surface area contributed by atoms with E-state index in [4.69, 9.17) is 4.74 Å². The van der Waals surface area contributed by atoms with Crippen molar-refractivity contribution in [2.24, 2.45) is 0 Å². The first kappa shape index (κ1) is 40.3. The van der Waals surface area contributed by atoms with Crippen LogP contribution >= 0.6 is 0 Å². The van der Waals surface area contributed by atoms with Crippen LogP contribution in [0.4, 0.5) is 0 Å². The van der Waals surface area contributed by atoms with E-state index in [1.807, 2.05) is 5.01 Å². The molecule has 0 fully saturated rings. The number of unbranched alkanes of at least 4 members (excludes halogenated alkanes) is 14. The van der Waals surface area contributed by atoms with Crippen molar-refractivity contribution < 1.29 is 19.7 Å². The van der Waals surface area contributed by atoms with E-state index < -0.39 is 12.2 Å². The molecule has 0 amide bonds. The first-order valence-electron chi connectivity index (χ1n) is 17.6. The molecular weight excluding hydrogens is 514 g/mol. The van der Waals surface area contributed by atoms with Gasteiger partial charge in [-0.15, -0.1) is 0 Å². The quantitative estimate of drug-likeness (QED) is 0.0436. The van der Waals surface area contributed by atoms with Gasteiger partial charge in [0.25, 0.3) is 0 Å². The number of carbonyl (C=O) groups is 1. The minimum absolute atomic E-state index is 0.151. The minimum Gasteiger partial charge on any atom is -0.466 e. The molecular formula is C34H71N3O4. The van der Waals surface area contributed by atoms with Gasteiger partial charge in [0, 0.05) is 32.6 Å². The lowest BCUT2D eigenvalue weighted by atomic mass is 10.0. The number of carbonyl (C=O) groups excluding carboxylic acids is 1. The Morgan fingerprint density at radius 3 is 1.61 bits per heavy atom. The van der Waals surface area contributed by atoms with Gasteiger partial charge < -0.3 is 19.8 Å². The molecule has 0 aromatic rings. The number of hydrogen-bond donors (Lipinski definition) is 3. The van der Waals surface area contributed by atoms with Crippen LogP contribution in [0.2, 0.25) is 0 Å². The Labute approximate surface area is 255 Å². The lowest BCUT2D eigenvalue weighted by molar-refractivity contribution is -0.144. The molecule has 0 bridgehead atoms. The Kier molecular flexibility index (Phi) is 30.2. The summed E-state index contributed by atoms with van der Waals surface area (Å²) in [5, 5.41) is 23.4. The predicted octanol–water partition coefficient (Wildman–Crippen LogP) is 7.24. The highest BCUT2D eigenvalue weighted by molar-refractivity contribution is 5.69. The van der Waals surface area contributed by atoms with Gasteiger partial charge in [0.2, 0.25) is 0 Å². The van der Waals surface area contributed by atoms with Crippen LogP contribution in [-0.4, -0.2) is 84.7 Å². The SMILES string of the molecule is CCCCCCCCCCC(O)CN(CC(O)CCCCCCCCCC)NCCCC(=O)OCCCN(C)CC. The van der Waals surface area contributed by atoms with Gasteiger partial charge in [-0.1, -0.05) is 124 Å². The van der Waals surface area contributed by atoms with Gasteiger partial charge in [0.15, 0.2) is 0 Å². The Morgan fingerprint density at radius 2 is 1.15 bits per heavy atom. The number of hydrazine groups is 1. The van der Waals surface area contributed by atoms with E-state index in [0.29, 0.717) is 39.1 Å². The fourth-order valence-corrected chi connectivity index (χ4v) is 5.14. The van der Waals surface area contributed by atoms with Crippen LogP contribution in [-0.2, 0) is 9.53 Å². The first-order chi connectivity index (χ1) is 19.9. The minimum atomic E-state index is -0.413. The molecule has 246 valence electrons. The van der Waals surface area contributed by atoms with Gasteiger partial charge >= 0.3 is 5.97 Å². The standard InChI is InChI=1S/C34H71N3O4/c1-5-8-10-12-14-16-18-20-24-32(38)30-37(31-33(39)25-21-19-17-15-13-11-9-6-2)35-27-22-26-34(40)41-29-23-28-36(4)7-3/h32-33,35,38-39H,5-31H2,1-4H3. The molecule has 3 N–H and O–H groups in total. The molecule has 2 unspecified atom stereocenters. The average molecular weight is 586 g/mol. The fourth-order valence-electron chi connectivity index (χ4n) is 5.14. The molecule has 0 saturated carbocycles. The number of ether oxygens (including phenoxy) is 1. The van der Waals surface area contributed by atoms with E-state index in [0.717, 1.165) is 45.2 Å². The second kappa shape index (κ2) is 30.7. The van der Waals surface area contributed by atoms with E-state index in [1.54, 1.807) is 0 Å². The summed E-state index contributed by atoms with van der Waals surface area (Å²) < 4.78 is 5.37. The van der Waals surface area contributed by atoms with E-state index >= 15 is 0 Å². The van der Waals surface area contributed by atoms with E-state index in [9.17, 15) is 15.0 Å². The van der Waals surface area contributed by atoms with Crippen LogP contribution in [0.25, 0.3) is 0 Å². The molecule has 7 nitrogen and oxygen atoms in total. The summed E-state index contributed by atoms with van der Waals surface area (Å²) in [5.41, 5.74) is 3.39. The molecule has 0 radical (unpaired) electrons. The van der Waals surface area contributed by atoms with Crippen molar-refractivity contribution in [2.75, 3.05) is 46.4 Å². The lowest BCUT2D eigenvalue weighted by Crippen LogP contribution is -2.47. The van der Waals surface area contributed by atoms with Crippen LogP contribution < -0.4 is 5.43 Å². The van der Waals surface area contributed by atoms with Crippen LogP contribution in [0.1, 0.15) is 156 Å². The third-order valence-corrected chi connectivity index (χ3v) is 8.02. The van der Waals surface area contributed by atoms with Crippen LogP contribution in [0.3, 0.4) is 0 Å². The monoisotopic (exact) mass is 586 g/mol. The Balaban J connectivity index is 4.35. The summed E-state index contributed by atoms with van der Waals surface area (Å²) >= 11 is 0. The topological polar surface area (TPSA) is 85.3 Å². The zero-order valence-electron chi connectivity index (χ0n) is 27.9. The second-order valence-electron chi connectivity index (χ2n) is 12.2. The molecule has 0 rings (SSSR count). The van der Waals surface area contributed by atoms with E-state index in [1.165, 1.54) is 89.9 Å². The maximum Gasteiger partial charge on any atom is 0.305 e. The summed E-state index contributed by atoms with van der Waals surface area (Å²) in [4.78, 5) is 14.3. The van der Waals surface area contributed by atoms with Crippen molar-refractivity contribution in [3.05, 3.63) is 0 Å². The van der Waals surface area contributed by atoms with E-state index in [-0.39, 0.29) is 5.97 Å². The normalized spacial score (nSPS) is 13.3. The molecule has 2 atom stereocenters. The summed E-state index contributed by atoms with van der Waals surface area (Å²) in [5.74, 6) is -0.151. The summed E-state index contributed by atoms with van der Waals surface area (Å²) in [6, 6.07) is 0. The Bertz CT molecular complexity index is 524. The molecule has 0 spiro atoms. The lowest BCUT2D eigenvalue weighted by Gasteiger charge is -2.28. The van der Waals surface area contributed by atoms with Crippen molar-refractivity contribution in [2.45, 2.75) is 168 Å². The predicted molar refractivity (Wildman–Crippen MR) is 174 cm³/mol. The maximum atomic E-state index is 12.1. The van der Waals surface area contributed by atoms with Crippen molar-refractivity contribution in [3.8, 4) is 0 Å². The van der Waals surface area contributed by atoms with Crippen LogP contribution in [0.5, 0.6) is 0 Å². The fraction of sp³-hybridized carbons (Fsp3) is 0.971. The molecule has 0 aromatic heterocycles. The smallest absolute Gasteiger partial charge is 0.305 e. The zero-order chi connectivity index (χ0) is 30.4. The molecule has 41 heavy (non-hydrogen) atoms. The largest absolute Gasteiger partial charge is 0.466 e. The third kappa shape index (κ3) is 29.1.